The van der Waals surface area contributed by atoms with Gasteiger partial charge in [0.1, 0.15) is 23.5 Å². The van der Waals surface area contributed by atoms with E-state index >= 15 is 0 Å². The molecule has 1 aliphatic rings. The Kier molecular flexibility index (Phi) is 5.61. The van der Waals surface area contributed by atoms with Gasteiger partial charge in [-0.25, -0.2) is 9.55 Å². The zero-order valence-electron chi connectivity index (χ0n) is 17.6. The Labute approximate surface area is 184 Å². The van der Waals surface area contributed by atoms with E-state index in [0.717, 1.165) is 66.1 Å². The van der Waals surface area contributed by atoms with E-state index in [9.17, 15) is 0 Å². The Morgan fingerprint density at radius 3 is 2.74 bits per heavy atom. The first-order valence-corrected chi connectivity index (χ1v) is 11.4. The van der Waals surface area contributed by atoms with Gasteiger partial charge < -0.3 is 13.8 Å². The molecule has 3 aromatic heterocycles. The normalized spacial score (nSPS) is 14.5. The van der Waals surface area contributed by atoms with Crippen LogP contribution in [0.5, 0.6) is 0 Å². The third-order valence-electron chi connectivity index (χ3n) is 5.62. The topological polar surface area (TPSA) is 86.0 Å². The molecule has 0 radical (unpaired) electrons. The number of hydrogen-bond acceptors (Lipinski definition) is 8. The standard InChI is InChI=1S/C22H24N6O2S/c1-15-11-20(26-30-15)19-4-3-17-5-7-27(8-6-18(17)12-19)9-10-31-22-25-24-13-28(22)21-16(2)23-14-29-21/h3-4,11-14H,5-10H2,1-2H3. The summed E-state index contributed by atoms with van der Waals surface area (Å²) in [5, 5.41) is 13.3. The summed E-state index contributed by atoms with van der Waals surface area (Å²) >= 11 is 1.69. The first kappa shape index (κ1) is 20.0. The number of aromatic nitrogens is 5. The van der Waals surface area contributed by atoms with Gasteiger partial charge in [-0.1, -0.05) is 29.1 Å². The van der Waals surface area contributed by atoms with E-state index < -0.39 is 0 Å². The summed E-state index contributed by atoms with van der Waals surface area (Å²) in [6.45, 7) is 6.94. The van der Waals surface area contributed by atoms with E-state index in [-0.39, 0.29) is 0 Å². The lowest BCUT2D eigenvalue weighted by atomic mass is 9.99. The molecule has 0 saturated heterocycles. The van der Waals surface area contributed by atoms with Crippen molar-refractivity contribution in [2.45, 2.75) is 31.8 Å². The van der Waals surface area contributed by atoms with E-state index in [4.69, 9.17) is 8.94 Å². The van der Waals surface area contributed by atoms with Crippen LogP contribution in [0.1, 0.15) is 22.6 Å². The van der Waals surface area contributed by atoms with Crippen molar-refractivity contribution in [3.05, 3.63) is 59.6 Å². The molecule has 4 aromatic rings. The molecule has 4 heterocycles. The Morgan fingerprint density at radius 1 is 1.10 bits per heavy atom. The molecule has 0 bridgehead atoms. The number of oxazole rings is 1. The highest BCUT2D eigenvalue weighted by Gasteiger charge is 2.17. The first-order valence-electron chi connectivity index (χ1n) is 10.4. The molecule has 0 spiro atoms. The van der Waals surface area contributed by atoms with Crippen molar-refractivity contribution < 1.29 is 8.94 Å². The summed E-state index contributed by atoms with van der Waals surface area (Å²) in [7, 11) is 0. The lowest BCUT2D eigenvalue weighted by molar-refractivity contribution is 0.306. The highest BCUT2D eigenvalue weighted by Crippen LogP contribution is 2.26. The lowest BCUT2D eigenvalue weighted by Crippen LogP contribution is -2.28. The third kappa shape index (κ3) is 4.28. The lowest BCUT2D eigenvalue weighted by Gasteiger charge is -2.19. The van der Waals surface area contributed by atoms with Crippen LogP contribution >= 0.6 is 11.8 Å². The van der Waals surface area contributed by atoms with Gasteiger partial charge in [-0.05, 0) is 43.9 Å². The smallest absolute Gasteiger partial charge is 0.230 e. The predicted molar refractivity (Wildman–Crippen MR) is 117 cm³/mol. The van der Waals surface area contributed by atoms with E-state index in [1.165, 1.54) is 17.5 Å². The van der Waals surface area contributed by atoms with Crippen LogP contribution in [0.15, 0.2) is 51.1 Å². The first-order chi connectivity index (χ1) is 15.2. The summed E-state index contributed by atoms with van der Waals surface area (Å²) in [4.78, 5) is 6.68. The number of aryl methyl sites for hydroxylation is 2. The summed E-state index contributed by atoms with van der Waals surface area (Å²) in [6, 6.07) is 8.66. The maximum atomic E-state index is 5.48. The number of rotatable bonds is 6. The van der Waals surface area contributed by atoms with Gasteiger partial charge in [0.15, 0.2) is 11.6 Å². The quantitative estimate of drug-likeness (QED) is 0.423. The van der Waals surface area contributed by atoms with Crippen molar-refractivity contribution in [3.8, 4) is 17.1 Å². The monoisotopic (exact) mass is 436 g/mol. The molecule has 1 aromatic carbocycles. The fraction of sp³-hybridized carbons (Fsp3) is 0.364. The van der Waals surface area contributed by atoms with Gasteiger partial charge >= 0.3 is 0 Å². The maximum Gasteiger partial charge on any atom is 0.230 e. The second kappa shape index (κ2) is 8.68. The molecule has 0 saturated carbocycles. The molecule has 31 heavy (non-hydrogen) atoms. The van der Waals surface area contributed by atoms with Gasteiger partial charge in [-0.2, -0.15) is 0 Å². The van der Waals surface area contributed by atoms with Crippen LogP contribution in [0.4, 0.5) is 0 Å². The second-order valence-electron chi connectivity index (χ2n) is 7.72. The van der Waals surface area contributed by atoms with Crippen LogP contribution in [0.2, 0.25) is 0 Å². The molecule has 9 heteroatoms. The molecule has 8 nitrogen and oxygen atoms in total. The van der Waals surface area contributed by atoms with Crippen LogP contribution < -0.4 is 0 Å². The highest BCUT2D eigenvalue weighted by molar-refractivity contribution is 7.99. The van der Waals surface area contributed by atoms with Crippen LogP contribution in [0.3, 0.4) is 0 Å². The number of nitrogens with zero attached hydrogens (tertiary/aromatic N) is 6. The van der Waals surface area contributed by atoms with Crippen LogP contribution in [0, 0.1) is 13.8 Å². The summed E-state index contributed by atoms with van der Waals surface area (Å²) in [6.07, 6.45) is 5.22. The number of thioether (sulfide) groups is 1. The van der Waals surface area contributed by atoms with E-state index in [2.05, 4.69) is 43.4 Å². The number of hydrogen-bond donors (Lipinski definition) is 0. The Morgan fingerprint density at radius 2 is 1.97 bits per heavy atom. The largest absolute Gasteiger partial charge is 0.427 e. The van der Waals surface area contributed by atoms with E-state index in [0.29, 0.717) is 5.88 Å². The van der Waals surface area contributed by atoms with Gasteiger partial charge in [0.25, 0.3) is 0 Å². The molecule has 0 amide bonds. The Balaban J connectivity index is 1.19. The average molecular weight is 437 g/mol. The number of fused-ring (bicyclic) bond motifs is 1. The molecule has 0 N–H and O–H groups in total. The molecule has 0 aliphatic carbocycles. The number of benzene rings is 1. The van der Waals surface area contributed by atoms with Gasteiger partial charge in [0.05, 0.1) is 0 Å². The van der Waals surface area contributed by atoms with Crippen molar-refractivity contribution in [1.82, 2.24) is 29.8 Å². The SMILES string of the molecule is Cc1cc(-c2ccc3c(c2)CCN(CCSc2nncn2-c2ocnc2C)CC3)no1. The summed E-state index contributed by atoms with van der Waals surface area (Å²) in [5.41, 5.74) is 5.70. The molecular formula is C22H24N6O2S. The third-order valence-corrected chi connectivity index (χ3v) is 6.54. The molecule has 160 valence electrons. The van der Waals surface area contributed by atoms with Gasteiger partial charge in [0.2, 0.25) is 5.88 Å². The Hall–Kier alpha value is -2.91. The van der Waals surface area contributed by atoms with Crippen molar-refractivity contribution in [2.24, 2.45) is 0 Å². The van der Waals surface area contributed by atoms with Gasteiger partial charge in [-0.15, -0.1) is 10.2 Å². The molecule has 0 unspecified atom stereocenters. The van der Waals surface area contributed by atoms with Gasteiger partial charge in [0, 0.05) is 37.0 Å². The maximum absolute atomic E-state index is 5.48. The molecular weight excluding hydrogens is 412 g/mol. The second-order valence-corrected chi connectivity index (χ2v) is 8.78. The van der Waals surface area contributed by atoms with Crippen molar-refractivity contribution in [1.29, 1.82) is 0 Å². The minimum Gasteiger partial charge on any atom is -0.427 e. The average Bonchev–Trinajstić information content (AvgIpc) is 3.48. The molecule has 5 rings (SSSR count). The Bertz CT molecular complexity index is 1180. The zero-order chi connectivity index (χ0) is 21.2. The molecule has 0 fully saturated rings. The highest BCUT2D eigenvalue weighted by atomic mass is 32.2. The summed E-state index contributed by atoms with van der Waals surface area (Å²) in [5.74, 6) is 2.45. The fourth-order valence-electron chi connectivity index (χ4n) is 3.91. The van der Waals surface area contributed by atoms with Crippen LogP contribution in [0.25, 0.3) is 17.1 Å². The van der Waals surface area contributed by atoms with E-state index in [1.807, 2.05) is 24.5 Å². The van der Waals surface area contributed by atoms with Crippen LogP contribution in [-0.4, -0.2) is 55.2 Å². The van der Waals surface area contributed by atoms with E-state index in [1.54, 1.807) is 18.1 Å². The minimum absolute atomic E-state index is 0.677. The van der Waals surface area contributed by atoms with Crippen molar-refractivity contribution >= 4 is 11.8 Å². The van der Waals surface area contributed by atoms with Crippen molar-refractivity contribution in [3.63, 3.8) is 0 Å². The molecule has 1 aliphatic heterocycles. The van der Waals surface area contributed by atoms with Crippen LogP contribution in [-0.2, 0) is 12.8 Å². The summed E-state index contributed by atoms with van der Waals surface area (Å²) < 4.78 is 12.6. The van der Waals surface area contributed by atoms with Crippen molar-refractivity contribution in [2.75, 3.05) is 25.4 Å². The molecule has 0 atom stereocenters. The fourth-order valence-corrected chi connectivity index (χ4v) is 4.82. The zero-order valence-corrected chi connectivity index (χ0v) is 18.4. The predicted octanol–water partition coefficient (Wildman–Crippen LogP) is 3.72. The van der Waals surface area contributed by atoms with Gasteiger partial charge in [-0.3, -0.25) is 0 Å². The minimum atomic E-state index is 0.677.